The van der Waals surface area contributed by atoms with Crippen LogP contribution in [0.2, 0.25) is 0 Å². The van der Waals surface area contributed by atoms with Crippen molar-refractivity contribution in [3.63, 3.8) is 0 Å². The van der Waals surface area contributed by atoms with Crippen molar-refractivity contribution in [2.75, 3.05) is 13.2 Å². The number of nitrogens with zero attached hydrogens (tertiary/aromatic N) is 1. The van der Waals surface area contributed by atoms with E-state index in [2.05, 4.69) is 6.58 Å². The zero-order valence-corrected chi connectivity index (χ0v) is 10.3. The van der Waals surface area contributed by atoms with E-state index < -0.39 is 5.60 Å². The molecule has 0 aliphatic carbocycles. The second-order valence-corrected chi connectivity index (χ2v) is 5.11. The fraction of sp³-hybridized carbons (Fsp3) is 0.750. The van der Waals surface area contributed by atoms with E-state index in [0.29, 0.717) is 6.54 Å². The van der Waals surface area contributed by atoms with Gasteiger partial charge in [-0.25, -0.2) is 4.79 Å². The van der Waals surface area contributed by atoms with E-state index in [1.54, 1.807) is 11.0 Å². The lowest BCUT2D eigenvalue weighted by Gasteiger charge is -2.28. The normalized spacial score (nSPS) is 25.6. The Morgan fingerprint density at radius 2 is 2.25 bits per heavy atom. The van der Waals surface area contributed by atoms with Gasteiger partial charge in [0, 0.05) is 12.5 Å². The van der Waals surface area contributed by atoms with Crippen molar-refractivity contribution in [2.45, 2.75) is 38.8 Å². The van der Waals surface area contributed by atoms with Crippen LogP contribution in [0.4, 0.5) is 4.79 Å². The molecule has 1 amide bonds. The number of aliphatic hydroxyl groups excluding tert-OH is 1. The van der Waals surface area contributed by atoms with Crippen LogP contribution in [0.25, 0.3) is 0 Å². The first-order valence-electron chi connectivity index (χ1n) is 5.62. The highest BCUT2D eigenvalue weighted by Gasteiger charge is 2.37. The highest BCUT2D eigenvalue weighted by molar-refractivity contribution is 5.69. The first-order valence-corrected chi connectivity index (χ1v) is 5.62. The molecule has 1 N–H and O–H groups in total. The van der Waals surface area contributed by atoms with Crippen LogP contribution in [-0.4, -0.2) is 40.9 Å². The molecular formula is C12H21NO3. The molecule has 1 saturated heterocycles. The van der Waals surface area contributed by atoms with E-state index in [-0.39, 0.29) is 24.7 Å². The molecule has 0 radical (unpaired) electrons. The summed E-state index contributed by atoms with van der Waals surface area (Å²) in [6.45, 7) is 9.80. The summed E-state index contributed by atoms with van der Waals surface area (Å²) >= 11 is 0. The molecule has 0 aromatic carbocycles. The third-order valence-corrected chi connectivity index (χ3v) is 2.72. The number of hydrogen-bond donors (Lipinski definition) is 1. The lowest BCUT2D eigenvalue weighted by Crippen LogP contribution is -2.42. The number of carbonyl (C=O) groups excluding carboxylic acids is 1. The molecule has 1 heterocycles. The van der Waals surface area contributed by atoms with Gasteiger partial charge in [0.05, 0.1) is 12.6 Å². The molecule has 4 nitrogen and oxygen atoms in total. The van der Waals surface area contributed by atoms with E-state index in [1.807, 2.05) is 20.8 Å². The minimum Gasteiger partial charge on any atom is -0.444 e. The van der Waals surface area contributed by atoms with Gasteiger partial charge >= 0.3 is 6.09 Å². The van der Waals surface area contributed by atoms with Crippen molar-refractivity contribution >= 4 is 6.09 Å². The number of ether oxygens (including phenoxy) is 1. The van der Waals surface area contributed by atoms with E-state index in [9.17, 15) is 9.90 Å². The summed E-state index contributed by atoms with van der Waals surface area (Å²) in [4.78, 5) is 13.4. The predicted molar refractivity (Wildman–Crippen MR) is 62.1 cm³/mol. The Morgan fingerprint density at radius 3 is 2.69 bits per heavy atom. The monoisotopic (exact) mass is 227 g/mol. The van der Waals surface area contributed by atoms with E-state index in [1.165, 1.54) is 0 Å². The third kappa shape index (κ3) is 2.98. The molecule has 0 saturated carbocycles. The maximum atomic E-state index is 11.9. The maximum Gasteiger partial charge on any atom is 0.410 e. The highest BCUT2D eigenvalue weighted by atomic mass is 16.6. The predicted octanol–water partition coefficient (Wildman–Crippen LogP) is 1.79. The first kappa shape index (κ1) is 13.0. The number of rotatable bonds is 2. The van der Waals surface area contributed by atoms with Gasteiger partial charge in [0.15, 0.2) is 0 Å². The number of amides is 1. The van der Waals surface area contributed by atoms with Gasteiger partial charge in [-0.2, -0.15) is 0 Å². The molecule has 0 aromatic heterocycles. The quantitative estimate of drug-likeness (QED) is 0.732. The Kier molecular flexibility index (Phi) is 3.97. The van der Waals surface area contributed by atoms with Gasteiger partial charge in [0.2, 0.25) is 0 Å². The van der Waals surface area contributed by atoms with Crippen molar-refractivity contribution in [2.24, 2.45) is 5.92 Å². The SMILES string of the molecule is C=C[C@H]1CCN(C(=O)OC(C)(C)C)[C@H]1CO. The van der Waals surface area contributed by atoms with Crippen LogP contribution in [0.5, 0.6) is 0 Å². The van der Waals surface area contributed by atoms with E-state index in [0.717, 1.165) is 6.42 Å². The summed E-state index contributed by atoms with van der Waals surface area (Å²) in [6.07, 6.45) is 2.29. The maximum absolute atomic E-state index is 11.9. The van der Waals surface area contributed by atoms with Crippen LogP contribution < -0.4 is 0 Å². The standard InChI is InChI=1S/C12H21NO3/c1-5-9-6-7-13(10(9)8-14)11(15)16-12(2,3)4/h5,9-10,14H,1,6-8H2,2-4H3/t9-,10-/m0/s1. The number of likely N-dealkylation sites (tertiary alicyclic amines) is 1. The summed E-state index contributed by atoms with van der Waals surface area (Å²) in [6, 6.07) is -0.188. The minimum absolute atomic E-state index is 0.0457. The van der Waals surface area contributed by atoms with Crippen LogP contribution >= 0.6 is 0 Å². The van der Waals surface area contributed by atoms with Gasteiger partial charge in [0.1, 0.15) is 5.60 Å². The second kappa shape index (κ2) is 4.87. The van der Waals surface area contributed by atoms with Crippen molar-refractivity contribution < 1.29 is 14.6 Å². The summed E-state index contributed by atoms with van der Waals surface area (Å²) in [5.74, 6) is 0.164. The van der Waals surface area contributed by atoms with Crippen molar-refractivity contribution in [3.8, 4) is 0 Å². The minimum atomic E-state index is -0.497. The molecule has 0 spiro atoms. The van der Waals surface area contributed by atoms with E-state index in [4.69, 9.17) is 4.74 Å². The zero-order chi connectivity index (χ0) is 12.3. The van der Waals surface area contributed by atoms with Gasteiger partial charge in [-0.15, -0.1) is 6.58 Å². The van der Waals surface area contributed by atoms with E-state index >= 15 is 0 Å². The summed E-state index contributed by atoms with van der Waals surface area (Å²) in [7, 11) is 0. The number of aliphatic hydroxyl groups is 1. The van der Waals surface area contributed by atoms with Crippen LogP contribution in [-0.2, 0) is 4.74 Å². The Balaban J connectivity index is 2.66. The summed E-state index contributed by atoms with van der Waals surface area (Å²) in [5.41, 5.74) is -0.497. The second-order valence-electron chi connectivity index (χ2n) is 5.11. The Labute approximate surface area is 96.9 Å². The fourth-order valence-corrected chi connectivity index (χ4v) is 1.93. The Morgan fingerprint density at radius 1 is 1.62 bits per heavy atom. The third-order valence-electron chi connectivity index (χ3n) is 2.72. The Bertz CT molecular complexity index is 270. The first-order chi connectivity index (χ1) is 7.39. The molecule has 0 bridgehead atoms. The molecule has 0 aromatic rings. The van der Waals surface area contributed by atoms with Crippen molar-refractivity contribution in [1.82, 2.24) is 4.90 Å². The fourth-order valence-electron chi connectivity index (χ4n) is 1.93. The van der Waals surface area contributed by atoms with Gasteiger partial charge < -0.3 is 14.7 Å². The average molecular weight is 227 g/mol. The van der Waals surface area contributed by atoms with Crippen LogP contribution in [0.3, 0.4) is 0 Å². The van der Waals surface area contributed by atoms with Crippen molar-refractivity contribution in [1.29, 1.82) is 0 Å². The van der Waals surface area contributed by atoms with Gasteiger partial charge in [-0.1, -0.05) is 6.08 Å². The molecular weight excluding hydrogens is 206 g/mol. The largest absolute Gasteiger partial charge is 0.444 e. The van der Waals surface area contributed by atoms with Crippen LogP contribution in [0.1, 0.15) is 27.2 Å². The Hall–Kier alpha value is -1.03. The topological polar surface area (TPSA) is 49.8 Å². The van der Waals surface area contributed by atoms with Crippen LogP contribution in [0, 0.1) is 5.92 Å². The van der Waals surface area contributed by atoms with Gasteiger partial charge in [-0.3, -0.25) is 0 Å². The molecule has 16 heavy (non-hydrogen) atoms. The van der Waals surface area contributed by atoms with Gasteiger partial charge in [-0.05, 0) is 27.2 Å². The van der Waals surface area contributed by atoms with Gasteiger partial charge in [0.25, 0.3) is 0 Å². The zero-order valence-electron chi connectivity index (χ0n) is 10.3. The number of carbonyl (C=O) groups is 1. The molecule has 92 valence electrons. The summed E-state index contributed by atoms with van der Waals surface area (Å²) in [5, 5.41) is 9.29. The molecule has 4 heteroatoms. The molecule has 0 unspecified atom stereocenters. The molecule has 1 aliphatic heterocycles. The molecule has 1 aliphatic rings. The molecule has 2 atom stereocenters. The number of hydrogen-bond acceptors (Lipinski definition) is 3. The lowest BCUT2D eigenvalue weighted by molar-refractivity contribution is 0.0158. The van der Waals surface area contributed by atoms with Crippen LogP contribution in [0.15, 0.2) is 12.7 Å². The molecule has 1 rings (SSSR count). The summed E-state index contributed by atoms with van der Waals surface area (Å²) < 4.78 is 5.29. The molecule has 1 fully saturated rings. The highest BCUT2D eigenvalue weighted by Crippen LogP contribution is 2.26. The average Bonchev–Trinajstić information content (AvgIpc) is 2.57. The lowest BCUT2D eigenvalue weighted by atomic mass is 10.0. The van der Waals surface area contributed by atoms with Crippen molar-refractivity contribution in [3.05, 3.63) is 12.7 Å². The smallest absolute Gasteiger partial charge is 0.410 e.